The van der Waals surface area contributed by atoms with Crippen molar-refractivity contribution in [2.24, 2.45) is 0 Å². The molecule has 1 saturated heterocycles. The van der Waals surface area contributed by atoms with Gasteiger partial charge in [-0.25, -0.2) is 4.98 Å². The van der Waals surface area contributed by atoms with E-state index in [-0.39, 0.29) is 11.2 Å². The van der Waals surface area contributed by atoms with Crippen molar-refractivity contribution < 1.29 is 4.79 Å². The van der Waals surface area contributed by atoms with E-state index >= 15 is 0 Å². The topological polar surface area (TPSA) is 74.2 Å². The highest BCUT2D eigenvalue weighted by Crippen LogP contribution is 2.35. The fourth-order valence-corrected chi connectivity index (χ4v) is 6.01. The molecule has 1 fully saturated rings. The number of fused-ring (bicyclic) bond motifs is 1. The Morgan fingerprint density at radius 3 is 2.55 bits per heavy atom. The highest BCUT2D eigenvalue weighted by molar-refractivity contribution is 8.06. The second kappa shape index (κ2) is 11.1. The molecule has 38 heavy (non-hydrogen) atoms. The average molecular weight is 543 g/mol. The number of pyridine rings is 1. The third-order valence-corrected chi connectivity index (χ3v) is 8.38. The first-order valence-corrected chi connectivity index (χ1v) is 13.9. The summed E-state index contributed by atoms with van der Waals surface area (Å²) in [6.07, 6.45) is 8.17. The Labute approximate surface area is 230 Å². The van der Waals surface area contributed by atoms with Crippen LogP contribution in [0.3, 0.4) is 0 Å². The zero-order valence-electron chi connectivity index (χ0n) is 20.8. The van der Waals surface area contributed by atoms with Gasteiger partial charge in [0.25, 0.3) is 0 Å². The second-order valence-corrected chi connectivity index (χ2v) is 11.3. The van der Waals surface area contributed by atoms with E-state index in [1.165, 1.54) is 17.3 Å². The van der Waals surface area contributed by atoms with Crippen molar-refractivity contribution in [3.63, 3.8) is 0 Å². The molecule has 1 unspecified atom stereocenters. The minimum Gasteiger partial charge on any atom is -0.353 e. The van der Waals surface area contributed by atoms with Gasteiger partial charge in [-0.15, -0.1) is 11.8 Å². The standard InChI is InChI=1S/C29H27ClN6OS/c30-27-10-9-26(38-27)29(37)33-23-6-3-21(4-7-23)22-5-8-24-25(16-22)34-28(18-32-24)36-14-12-35(13-15-36)19-20-2-1-11-31-17-20/h1-8,10-11,16-18,26H,9,12-15,19H2,(H,33,37). The minimum absolute atomic E-state index is 0.0268. The summed E-state index contributed by atoms with van der Waals surface area (Å²) < 4.78 is 0.686. The van der Waals surface area contributed by atoms with Crippen LogP contribution >= 0.6 is 23.4 Å². The number of carbonyl (C=O) groups is 1. The Kier molecular flexibility index (Phi) is 7.27. The summed E-state index contributed by atoms with van der Waals surface area (Å²) >= 11 is 7.40. The number of thioether (sulfide) groups is 1. The van der Waals surface area contributed by atoms with Crippen LogP contribution in [-0.2, 0) is 11.3 Å². The number of aromatic nitrogens is 3. The van der Waals surface area contributed by atoms with Crippen molar-refractivity contribution in [3.8, 4) is 11.1 Å². The quantitative estimate of drug-likeness (QED) is 0.343. The van der Waals surface area contributed by atoms with E-state index in [1.807, 2.05) is 61.1 Å². The third kappa shape index (κ3) is 5.67. The smallest absolute Gasteiger partial charge is 0.238 e. The molecule has 1 N–H and O–H groups in total. The summed E-state index contributed by atoms with van der Waals surface area (Å²) in [4.78, 5) is 31.1. The largest absolute Gasteiger partial charge is 0.353 e. The van der Waals surface area contributed by atoms with Gasteiger partial charge in [-0.05, 0) is 53.4 Å². The predicted octanol–water partition coefficient (Wildman–Crippen LogP) is 5.54. The minimum atomic E-state index is -0.167. The van der Waals surface area contributed by atoms with Crippen molar-refractivity contribution >= 4 is 51.8 Å². The zero-order valence-corrected chi connectivity index (χ0v) is 22.3. The summed E-state index contributed by atoms with van der Waals surface area (Å²) in [5.41, 5.74) is 5.87. The summed E-state index contributed by atoms with van der Waals surface area (Å²) in [6.45, 7) is 4.69. The molecule has 4 aromatic rings. The van der Waals surface area contributed by atoms with Crippen molar-refractivity contribution in [3.05, 3.63) is 89.2 Å². The number of benzene rings is 2. The number of piperazine rings is 1. The van der Waals surface area contributed by atoms with Crippen LogP contribution in [0.4, 0.5) is 11.5 Å². The molecule has 192 valence electrons. The van der Waals surface area contributed by atoms with Crippen molar-refractivity contribution in [2.45, 2.75) is 18.2 Å². The number of allylic oxidation sites excluding steroid dienone is 1. The van der Waals surface area contributed by atoms with Crippen LogP contribution in [0.1, 0.15) is 12.0 Å². The number of carbonyl (C=O) groups excluding carboxylic acids is 1. The number of amides is 1. The summed E-state index contributed by atoms with van der Waals surface area (Å²) in [5.74, 6) is 0.884. The Hall–Kier alpha value is -3.46. The van der Waals surface area contributed by atoms with E-state index < -0.39 is 0 Å². The maximum Gasteiger partial charge on any atom is 0.238 e. The Balaban J connectivity index is 1.11. The normalized spacial score (nSPS) is 18.0. The molecule has 0 aliphatic carbocycles. The third-order valence-electron chi connectivity index (χ3n) is 6.88. The first-order chi connectivity index (χ1) is 18.6. The molecule has 1 amide bonds. The van der Waals surface area contributed by atoms with Gasteiger partial charge in [0.15, 0.2) is 0 Å². The number of rotatable bonds is 6. The van der Waals surface area contributed by atoms with Crippen LogP contribution < -0.4 is 10.2 Å². The molecule has 0 spiro atoms. The van der Waals surface area contributed by atoms with Crippen LogP contribution in [0.2, 0.25) is 0 Å². The van der Waals surface area contributed by atoms with E-state index in [9.17, 15) is 4.79 Å². The van der Waals surface area contributed by atoms with E-state index in [0.29, 0.717) is 10.8 Å². The molecule has 2 aliphatic heterocycles. The lowest BCUT2D eigenvalue weighted by Crippen LogP contribution is -2.46. The fraction of sp³-hybridized carbons (Fsp3) is 0.241. The van der Waals surface area contributed by atoms with E-state index in [4.69, 9.17) is 16.6 Å². The van der Waals surface area contributed by atoms with Crippen LogP contribution in [0.15, 0.2) is 83.6 Å². The number of hydrogen-bond acceptors (Lipinski definition) is 7. The van der Waals surface area contributed by atoms with Gasteiger partial charge in [-0.3, -0.25) is 19.7 Å². The van der Waals surface area contributed by atoms with Crippen molar-refractivity contribution in [2.75, 3.05) is 36.4 Å². The molecule has 0 radical (unpaired) electrons. The molecule has 1 atom stereocenters. The maximum atomic E-state index is 12.5. The van der Waals surface area contributed by atoms with Crippen molar-refractivity contribution in [1.29, 1.82) is 0 Å². The summed E-state index contributed by atoms with van der Waals surface area (Å²) in [5, 5.41) is 2.82. The first kappa shape index (κ1) is 24.9. The monoisotopic (exact) mass is 542 g/mol. The highest BCUT2D eigenvalue weighted by atomic mass is 35.5. The Bertz CT molecular complexity index is 1470. The molecule has 4 heterocycles. The fourth-order valence-electron chi connectivity index (χ4n) is 4.78. The first-order valence-electron chi connectivity index (χ1n) is 12.7. The lowest BCUT2D eigenvalue weighted by atomic mass is 10.0. The van der Waals surface area contributed by atoms with Gasteiger partial charge in [0, 0.05) is 50.8 Å². The maximum absolute atomic E-state index is 12.5. The zero-order chi connectivity index (χ0) is 25.9. The Morgan fingerprint density at radius 1 is 1.00 bits per heavy atom. The van der Waals surface area contributed by atoms with Gasteiger partial charge in [0.1, 0.15) is 5.82 Å². The lowest BCUT2D eigenvalue weighted by Gasteiger charge is -2.35. The number of halogens is 1. The van der Waals surface area contributed by atoms with Gasteiger partial charge in [-0.2, -0.15) is 0 Å². The van der Waals surface area contributed by atoms with Crippen LogP contribution in [-0.4, -0.2) is 57.2 Å². The molecule has 2 aliphatic rings. The van der Waals surface area contributed by atoms with Gasteiger partial charge < -0.3 is 10.2 Å². The molecule has 2 aromatic carbocycles. The highest BCUT2D eigenvalue weighted by Gasteiger charge is 2.24. The number of hydrogen-bond donors (Lipinski definition) is 1. The van der Waals surface area contributed by atoms with E-state index in [0.717, 1.165) is 66.4 Å². The molecule has 0 bridgehead atoms. The number of nitrogens with one attached hydrogen (secondary N) is 1. The lowest BCUT2D eigenvalue weighted by molar-refractivity contribution is -0.115. The van der Waals surface area contributed by atoms with Gasteiger partial charge in [0.05, 0.1) is 26.8 Å². The van der Waals surface area contributed by atoms with Crippen LogP contribution in [0, 0.1) is 0 Å². The van der Waals surface area contributed by atoms with E-state index in [2.05, 4.69) is 43.3 Å². The molecule has 0 saturated carbocycles. The molecule has 6 rings (SSSR count). The Morgan fingerprint density at radius 2 is 1.82 bits per heavy atom. The number of anilines is 2. The molecule has 9 heteroatoms. The predicted molar refractivity (Wildman–Crippen MR) is 155 cm³/mol. The molecule has 7 nitrogen and oxygen atoms in total. The van der Waals surface area contributed by atoms with Crippen molar-refractivity contribution in [1.82, 2.24) is 19.9 Å². The number of nitrogens with zero attached hydrogens (tertiary/aromatic N) is 5. The van der Waals surface area contributed by atoms with Crippen LogP contribution in [0.5, 0.6) is 0 Å². The molecular weight excluding hydrogens is 516 g/mol. The van der Waals surface area contributed by atoms with Gasteiger partial charge in [-0.1, -0.05) is 41.9 Å². The van der Waals surface area contributed by atoms with Gasteiger partial charge in [0.2, 0.25) is 5.91 Å². The summed E-state index contributed by atoms with van der Waals surface area (Å²) in [7, 11) is 0. The average Bonchev–Trinajstić information content (AvgIpc) is 3.40. The SMILES string of the molecule is O=C(Nc1ccc(-c2ccc3ncc(N4CCN(Cc5cccnc5)CC4)nc3c2)cc1)C1CC=C(Cl)S1. The summed E-state index contributed by atoms with van der Waals surface area (Å²) in [6, 6.07) is 18.2. The van der Waals surface area contributed by atoms with Crippen LogP contribution in [0.25, 0.3) is 22.2 Å². The molecular formula is C29H27ClN6OS. The second-order valence-electron chi connectivity index (χ2n) is 9.47. The van der Waals surface area contributed by atoms with Gasteiger partial charge >= 0.3 is 0 Å². The van der Waals surface area contributed by atoms with E-state index in [1.54, 1.807) is 0 Å². The molecule has 2 aromatic heterocycles.